The van der Waals surface area contributed by atoms with Gasteiger partial charge in [0.1, 0.15) is 0 Å². The normalized spacial score (nSPS) is 15.2. The second-order valence-electron chi connectivity index (χ2n) is 4.17. The highest BCUT2D eigenvalue weighted by Gasteiger charge is 2.23. The van der Waals surface area contributed by atoms with Gasteiger partial charge in [-0.1, -0.05) is 11.2 Å². The third-order valence-corrected chi connectivity index (χ3v) is 2.65. The second kappa shape index (κ2) is 6.47. The number of rotatable bonds is 1. The maximum absolute atomic E-state index is 11.2. The summed E-state index contributed by atoms with van der Waals surface area (Å²) in [5, 5.41) is 5.91. The summed E-state index contributed by atoms with van der Waals surface area (Å²) in [5.74, 6) is -0.563. The minimum Gasteiger partial charge on any atom is -0.338 e. The molecule has 0 saturated carbocycles. The second-order valence-corrected chi connectivity index (χ2v) is 4.17. The molecule has 1 N–H and O–H groups in total. The van der Waals surface area contributed by atoms with Crippen molar-refractivity contribution >= 4 is 17.8 Å². The number of H-pyrrole nitrogens is 1. The van der Waals surface area contributed by atoms with Gasteiger partial charge < -0.3 is 9.36 Å². The fourth-order valence-electron chi connectivity index (χ4n) is 1.53. The van der Waals surface area contributed by atoms with Crippen LogP contribution in [0.2, 0.25) is 0 Å². The average Bonchev–Trinajstić information content (AvgIpc) is 2.99. The predicted molar refractivity (Wildman–Crippen MR) is 75.5 cm³/mol. The zero-order valence-electron chi connectivity index (χ0n) is 11.5. The van der Waals surface area contributed by atoms with E-state index in [4.69, 9.17) is 0 Å². The molecular weight excluding hydrogens is 274 g/mol. The molecule has 21 heavy (non-hydrogen) atoms. The Balaban J connectivity index is 0.000000225. The van der Waals surface area contributed by atoms with Crippen molar-refractivity contribution in [3.05, 3.63) is 57.8 Å². The Morgan fingerprint density at radius 2 is 1.86 bits per heavy atom. The van der Waals surface area contributed by atoms with Crippen LogP contribution in [0, 0.1) is 6.92 Å². The van der Waals surface area contributed by atoms with Crippen molar-refractivity contribution in [1.29, 1.82) is 0 Å². The standard InChI is InChI=1S/C9H8N2O4.C5H5N/c1-4-6(8(12)14-10-4)3-7-5(2)11-15-9(7)13;1-2-4-6-5-3-1/h3,10H,1-2H3;1-5H/b7-3-;. The summed E-state index contributed by atoms with van der Waals surface area (Å²) in [5.41, 5.74) is 1.05. The van der Waals surface area contributed by atoms with E-state index >= 15 is 0 Å². The number of hydrogen-bond acceptors (Lipinski definition) is 6. The minimum absolute atomic E-state index is 0.269. The number of hydrogen-bond donors (Lipinski definition) is 1. The fraction of sp³-hybridized carbons (Fsp3) is 0.143. The lowest BCUT2D eigenvalue weighted by atomic mass is 10.1. The molecule has 0 amide bonds. The summed E-state index contributed by atoms with van der Waals surface area (Å²) < 4.78 is 4.56. The lowest BCUT2D eigenvalue weighted by Gasteiger charge is -1.90. The van der Waals surface area contributed by atoms with Crippen LogP contribution < -0.4 is 5.63 Å². The molecule has 0 aliphatic carbocycles. The fourth-order valence-corrected chi connectivity index (χ4v) is 1.53. The van der Waals surface area contributed by atoms with Crippen LogP contribution in [-0.2, 0) is 9.63 Å². The van der Waals surface area contributed by atoms with Crippen LogP contribution in [-0.4, -0.2) is 21.8 Å². The Labute approximate surface area is 119 Å². The average molecular weight is 287 g/mol. The number of nitrogens with zero attached hydrogens (tertiary/aromatic N) is 2. The molecule has 3 rings (SSSR count). The topological polar surface area (TPSA) is 97.5 Å². The van der Waals surface area contributed by atoms with Crippen LogP contribution in [0.3, 0.4) is 0 Å². The first-order chi connectivity index (χ1) is 10.1. The first-order valence-electron chi connectivity index (χ1n) is 6.10. The van der Waals surface area contributed by atoms with E-state index in [1.807, 2.05) is 18.2 Å². The van der Waals surface area contributed by atoms with Gasteiger partial charge in [0.2, 0.25) is 0 Å². The van der Waals surface area contributed by atoms with Gasteiger partial charge in [-0.2, -0.15) is 0 Å². The Kier molecular flexibility index (Phi) is 4.45. The predicted octanol–water partition coefficient (Wildman–Crippen LogP) is 1.67. The number of carbonyl (C=O) groups is 1. The van der Waals surface area contributed by atoms with Crippen molar-refractivity contribution < 1.29 is 14.2 Å². The molecule has 1 aliphatic rings. The van der Waals surface area contributed by atoms with E-state index in [2.05, 4.69) is 24.7 Å². The van der Waals surface area contributed by atoms with Gasteiger partial charge in [0.15, 0.2) is 0 Å². The third kappa shape index (κ3) is 3.53. The van der Waals surface area contributed by atoms with E-state index in [9.17, 15) is 9.59 Å². The maximum Gasteiger partial charge on any atom is 0.367 e. The first kappa shape index (κ1) is 14.4. The molecule has 2 aromatic rings. The van der Waals surface area contributed by atoms with E-state index in [0.29, 0.717) is 17.0 Å². The quantitative estimate of drug-likeness (QED) is 0.635. The summed E-state index contributed by atoms with van der Waals surface area (Å²) >= 11 is 0. The van der Waals surface area contributed by atoms with Crippen LogP contribution in [0.4, 0.5) is 0 Å². The highest BCUT2D eigenvalue weighted by atomic mass is 16.7. The Morgan fingerprint density at radius 1 is 1.14 bits per heavy atom. The van der Waals surface area contributed by atoms with Gasteiger partial charge in [-0.25, -0.2) is 14.7 Å². The zero-order chi connectivity index (χ0) is 15.2. The molecule has 0 fully saturated rings. The van der Waals surface area contributed by atoms with Crippen LogP contribution in [0.5, 0.6) is 0 Å². The van der Waals surface area contributed by atoms with E-state index in [-0.39, 0.29) is 5.57 Å². The summed E-state index contributed by atoms with van der Waals surface area (Å²) in [6, 6.07) is 5.72. The number of carbonyl (C=O) groups excluding carboxylic acids is 1. The number of aryl methyl sites for hydroxylation is 1. The minimum atomic E-state index is -0.563. The van der Waals surface area contributed by atoms with Crippen LogP contribution >= 0.6 is 0 Å². The van der Waals surface area contributed by atoms with Crippen LogP contribution in [0.25, 0.3) is 6.08 Å². The van der Waals surface area contributed by atoms with Gasteiger partial charge in [0.25, 0.3) is 0 Å². The molecular formula is C14H13N3O4. The molecule has 7 nitrogen and oxygen atoms in total. The van der Waals surface area contributed by atoms with E-state index < -0.39 is 11.6 Å². The van der Waals surface area contributed by atoms with Gasteiger partial charge in [0, 0.05) is 12.4 Å². The van der Waals surface area contributed by atoms with Crippen molar-refractivity contribution in [2.24, 2.45) is 5.16 Å². The van der Waals surface area contributed by atoms with Crippen molar-refractivity contribution in [3.63, 3.8) is 0 Å². The van der Waals surface area contributed by atoms with Gasteiger partial charge in [-0.05, 0) is 32.1 Å². The molecule has 2 aromatic heterocycles. The lowest BCUT2D eigenvalue weighted by molar-refractivity contribution is -0.136. The molecule has 3 heterocycles. The number of nitrogens with one attached hydrogen (secondary N) is 1. The molecule has 0 unspecified atom stereocenters. The number of aromatic nitrogens is 2. The van der Waals surface area contributed by atoms with Crippen molar-refractivity contribution in [1.82, 2.24) is 10.1 Å². The van der Waals surface area contributed by atoms with E-state index in [0.717, 1.165) is 0 Å². The third-order valence-electron chi connectivity index (χ3n) is 2.65. The molecule has 108 valence electrons. The van der Waals surface area contributed by atoms with Crippen molar-refractivity contribution in [2.75, 3.05) is 0 Å². The SMILES string of the molecule is CC1=NOC(=O)/C1=C\c1c(C)[nH]oc1=O.c1ccncc1. The monoisotopic (exact) mass is 287 g/mol. The van der Waals surface area contributed by atoms with Gasteiger partial charge >= 0.3 is 11.6 Å². The molecule has 0 saturated heterocycles. The van der Waals surface area contributed by atoms with Gasteiger partial charge in [0.05, 0.1) is 22.5 Å². The maximum atomic E-state index is 11.2. The number of oxime groups is 1. The van der Waals surface area contributed by atoms with Crippen molar-refractivity contribution in [2.45, 2.75) is 13.8 Å². The highest BCUT2D eigenvalue weighted by molar-refractivity contribution is 6.24. The Hall–Kier alpha value is -2.96. The first-order valence-corrected chi connectivity index (χ1v) is 6.10. The van der Waals surface area contributed by atoms with Crippen LogP contribution in [0.1, 0.15) is 18.2 Å². The summed E-state index contributed by atoms with van der Waals surface area (Å²) in [4.78, 5) is 30.6. The molecule has 7 heteroatoms. The van der Waals surface area contributed by atoms with Crippen molar-refractivity contribution in [3.8, 4) is 0 Å². The highest BCUT2D eigenvalue weighted by Crippen LogP contribution is 2.14. The molecule has 0 radical (unpaired) electrons. The Bertz CT molecular complexity index is 714. The van der Waals surface area contributed by atoms with E-state index in [1.54, 1.807) is 26.2 Å². The molecule has 0 atom stereocenters. The summed E-state index contributed by atoms with van der Waals surface area (Å²) in [7, 11) is 0. The summed E-state index contributed by atoms with van der Waals surface area (Å²) in [6.07, 6.45) is 4.91. The number of pyridine rings is 1. The van der Waals surface area contributed by atoms with Gasteiger partial charge in [-0.3, -0.25) is 4.98 Å². The lowest BCUT2D eigenvalue weighted by Crippen LogP contribution is -2.05. The number of aromatic amines is 1. The molecule has 0 spiro atoms. The molecule has 1 aliphatic heterocycles. The summed E-state index contributed by atoms with van der Waals surface area (Å²) in [6.45, 7) is 3.30. The molecule has 0 aromatic carbocycles. The Morgan fingerprint density at radius 3 is 2.24 bits per heavy atom. The smallest absolute Gasteiger partial charge is 0.338 e. The molecule has 0 bridgehead atoms. The van der Waals surface area contributed by atoms with Crippen LogP contribution in [0.15, 0.2) is 50.6 Å². The van der Waals surface area contributed by atoms with Gasteiger partial charge in [-0.15, -0.1) is 0 Å². The van der Waals surface area contributed by atoms with E-state index in [1.165, 1.54) is 6.08 Å². The zero-order valence-corrected chi connectivity index (χ0v) is 11.5. The largest absolute Gasteiger partial charge is 0.367 e.